The lowest BCUT2D eigenvalue weighted by molar-refractivity contribution is -0.116. The number of carbonyl (C=O) groups excluding carboxylic acids is 4. The quantitative estimate of drug-likeness (QED) is 0.398. The van der Waals surface area contributed by atoms with E-state index in [-0.39, 0.29) is 17.7 Å². The van der Waals surface area contributed by atoms with Crippen LogP contribution in [0.3, 0.4) is 0 Å². The van der Waals surface area contributed by atoms with Gasteiger partial charge in [0.05, 0.1) is 0 Å². The zero-order chi connectivity index (χ0) is 15.0. The summed E-state index contributed by atoms with van der Waals surface area (Å²) >= 11 is 0. The van der Waals surface area contributed by atoms with Gasteiger partial charge in [-0.15, -0.1) is 0 Å². The summed E-state index contributed by atoms with van der Waals surface area (Å²) in [6.07, 6.45) is 1.06. The Hall–Kier alpha value is -2.38. The van der Waals surface area contributed by atoms with Crippen LogP contribution in [0.2, 0.25) is 0 Å². The molecule has 0 unspecified atom stereocenters. The summed E-state index contributed by atoms with van der Waals surface area (Å²) in [4.78, 5) is 37.1. The second-order valence-corrected chi connectivity index (χ2v) is 2.44. The number of carbonyl (C=O) groups is 4. The lowest BCUT2D eigenvalue weighted by Crippen LogP contribution is -2.04. The predicted octanol–water partition coefficient (Wildman–Crippen LogP) is -1.87. The van der Waals surface area contributed by atoms with Gasteiger partial charge in [0, 0.05) is 20.8 Å². The molecule has 0 spiro atoms. The van der Waals surface area contributed by atoms with E-state index in [2.05, 4.69) is 29.5 Å². The fourth-order valence-electron chi connectivity index (χ4n) is 0. The van der Waals surface area contributed by atoms with Crippen molar-refractivity contribution < 1.29 is 19.2 Å². The SMILES string of the molecule is C=CC(N)=O.CC(N)=O.CC(N)=O.CC(N)=O. The molecule has 0 aliphatic heterocycles. The normalized spacial score (nSPS) is 6.29. The van der Waals surface area contributed by atoms with E-state index >= 15 is 0 Å². The van der Waals surface area contributed by atoms with Crippen LogP contribution >= 0.6 is 0 Å². The van der Waals surface area contributed by atoms with Gasteiger partial charge in [0.25, 0.3) is 0 Å². The van der Waals surface area contributed by atoms with Crippen molar-refractivity contribution in [2.45, 2.75) is 20.8 Å². The van der Waals surface area contributed by atoms with Gasteiger partial charge in [-0.05, 0) is 6.08 Å². The van der Waals surface area contributed by atoms with E-state index in [9.17, 15) is 19.2 Å². The van der Waals surface area contributed by atoms with E-state index < -0.39 is 5.91 Å². The average Bonchev–Trinajstić information content (AvgIpc) is 2.00. The predicted molar refractivity (Wildman–Crippen MR) is 64.0 cm³/mol. The third-order valence-electron chi connectivity index (χ3n) is 0.201. The van der Waals surface area contributed by atoms with Gasteiger partial charge < -0.3 is 22.9 Å². The van der Waals surface area contributed by atoms with Crippen molar-refractivity contribution in [1.82, 2.24) is 0 Å². The molecule has 17 heavy (non-hydrogen) atoms. The maximum Gasteiger partial charge on any atom is 0.240 e. The third-order valence-corrected chi connectivity index (χ3v) is 0.201. The Morgan fingerprint density at radius 1 is 0.765 bits per heavy atom. The fourth-order valence-corrected chi connectivity index (χ4v) is 0. The number of rotatable bonds is 1. The number of hydrogen-bond acceptors (Lipinski definition) is 4. The minimum atomic E-state index is -0.481. The molecule has 0 rings (SSSR count). The molecule has 0 radical (unpaired) electrons. The first-order valence-corrected chi connectivity index (χ1v) is 4.17. The maximum atomic E-state index is 9.47. The van der Waals surface area contributed by atoms with Gasteiger partial charge in [0.1, 0.15) is 0 Å². The second kappa shape index (κ2) is 19.2. The summed E-state index contributed by atoms with van der Waals surface area (Å²) in [5.74, 6) is -1.48. The first kappa shape index (κ1) is 24.0. The van der Waals surface area contributed by atoms with Crippen LogP contribution in [0.5, 0.6) is 0 Å². The highest BCUT2D eigenvalue weighted by atomic mass is 16.2. The average molecular weight is 248 g/mol. The number of primary amides is 4. The van der Waals surface area contributed by atoms with Crippen LogP contribution in [0.1, 0.15) is 20.8 Å². The Bertz CT molecular complexity index is 223. The molecule has 0 aliphatic rings. The zero-order valence-electron chi connectivity index (χ0n) is 10.2. The lowest BCUT2D eigenvalue weighted by Gasteiger charge is -1.65. The standard InChI is InChI=1S/C3H5NO.3C2H5NO/c1-2-3(4)5;3*1-2(3)4/h2H,1H2,(H2,4,5);3*1H3,(H2,3,4). The van der Waals surface area contributed by atoms with E-state index in [4.69, 9.17) is 0 Å². The van der Waals surface area contributed by atoms with Crippen LogP contribution in [0.25, 0.3) is 0 Å². The first-order chi connectivity index (χ1) is 7.47. The summed E-state index contributed by atoms with van der Waals surface area (Å²) in [6.45, 7) is 7.00. The van der Waals surface area contributed by atoms with Gasteiger partial charge in [0.15, 0.2) is 0 Å². The van der Waals surface area contributed by atoms with Crippen LogP contribution in [-0.4, -0.2) is 23.6 Å². The molecular weight excluding hydrogens is 228 g/mol. The van der Waals surface area contributed by atoms with Crippen LogP contribution in [0.15, 0.2) is 12.7 Å². The van der Waals surface area contributed by atoms with E-state index in [1.165, 1.54) is 20.8 Å². The first-order valence-electron chi connectivity index (χ1n) is 4.17. The van der Waals surface area contributed by atoms with Crippen molar-refractivity contribution in [3.05, 3.63) is 12.7 Å². The van der Waals surface area contributed by atoms with Gasteiger partial charge in [-0.1, -0.05) is 6.58 Å². The van der Waals surface area contributed by atoms with Crippen molar-refractivity contribution in [1.29, 1.82) is 0 Å². The molecular formula is C9H20N4O4. The monoisotopic (exact) mass is 248 g/mol. The van der Waals surface area contributed by atoms with Crippen molar-refractivity contribution in [2.24, 2.45) is 22.9 Å². The Morgan fingerprint density at radius 2 is 0.824 bits per heavy atom. The molecule has 0 aromatic heterocycles. The smallest absolute Gasteiger partial charge is 0.240 e. The zero-order valence-corrected chi connectivity index (χ0v) is 10.2. The summed E-state index contributed by atoms with van der Waals surface area (Å²) < 4.78 is 0. The molecule has 0 saturated carbocycles. The Kier molecular flexibility index (Phi) is 27.2. The highest BCUT2D eigenvalue weighted by Crippen LogP contribution is 1.48. The van der Waals surface area contributed by atoms with Crippen LogP contribution in [0, 0.1) is 0 Å². The van der Waals surface area contributed by atoms with Gasteiger partial charge in [0.2, 0.25) is 23.6 Å². The third kappa shape index (κ3) is 12700. The largest absolute Gasteiger partial charge is 0.370 e. The van der Waals surface area contributed by atoms with Gasteiger partial charge in [-0.2, -0.15) is 0 Å². The van der Waals surface area contributed by atoms with E-state index in [1.807, 2.05) is 0 Å². The maximum absolute atomic E-state index is 9.47. The lowest BCUT2D eigenvalue weighted by atomic mass is 10.6. The topological polar surface area (TPSA) is 172 Å². The van der Waals surface area contributed by atoms with Gasteiger partial charge in [-0.25, -0.2) is 0 Å². The molecule has 0 heterocycles. The summed E-state index contributed by atoms with van der Waals surface area (Å²) in [6, 6.07) is 0. The number of amides is 4. The molecule has 0 bridgehead atoms. The Balaban J connectivity index is -0.0000000667. The van der Waals surface area contributed by atoms with Crippen molar-refractivity contribution in [3.8, 4) is 0 Å². The van der Waals surface area contributed by atoms with Gasteiger partial charge in [-0.3, -0.25) is 19.2 Å². The van der Waals surface area contributed by atoms with E-state index in [1.54, 1.807) is 0 Å². The van der Waals surface area contributed by atoms with Crippen LogP contribution in [-0.2, 0) is 19.2 Å². The molecule has 0 fully saturated rings. The second-order valence-electron chi connectivity index (χ2n) is 2.44. The fraction of sp³-hybridized carbons (Fsp3) is 0.333. The van der Waals surface area contributed by atoms with E-state index in [0.29, 0.717) is 0 Å². The van der Waals surface area contributed by atoms with Crippen LogP contribution in [0.4, 0.5) is 0 Å². The highest BCUT2D eigenvalue weighted by Gasteiger charge is 1.69. The molecule has 0 aromatic carbocycles. The number of nitrogens with two attached hydrogens (primary N) is 4. The highest BCUT2D eigenvalue weighted by molar-refractivity contribution is 5.84. The molecule has 8 nitrogen and oxygen atoms in total. The van der Waals surface area contributed by atoms with Gasteiger partial charge >= 0.3 is 0 Å². The summed E-state index contributed by atoms with van der Waals surface area (Å²) in [5, 5.41) is 0. The summed E-state index contributed by atoms with van der Waals surface area (Å²) in [7, 11) is 0. The van der Waals surface area contributed by atoms with Crippen molar-refractivity contribution >= 4 is 23.6 Å². The minimum absolute atomic E-state index is 0.333. The molecule has 0 aliphatic carbocycles. The molecule has 8 heteroatoms. The molecule has 0 saturated heterocycles. The van der Waals surface area contributed by atoms with E-state index in [0.717, 1.165) is 6.08 Å². The molecule has 0 atom stereocenters. The van der Waals surface area contributed by atoms with Crippen molar-refractivity contribution in [3.63, 3.8) is 0 Å². The molecule has 4 amide bonds. The Morgan fingerprint density at radius 3 is 0.824 bits per heavy atom. The summed E-state index contributed by atoms with van der Waals surface area (Å²) in [5.41, 5.74) is 18.0. The molecule has 100 valence electrons. The number of hydrogen-bond donors (Lipinski definition) is 4. The molecule has 0 aromatic rings. The van der Waals surface area contributed by atoms with Crippen LogP contribution < -0.4 is 22.9 Å². The molecule has 8 N–H and O–H groups in total. The van der Waals surface area contributed by atoms with Crippen molar-refractivity contribution in [2.75, 3.05) is 0 Å². The minimum Gasteiger partial charge on any atom is -0.370 e. The Labute approximate surface area is 100.0 Å².